The summed E-state index contributed by atoms with van der Waals surface area (Å²) in [4.78, 5) is 11.8. The van der Waals surface area contributed by atoms with E-state index in [1.165, 1.54) is 5.56 Å². The van der Waals surface area contributed by atoms with Crippen LogP contribution in [0, 0.1) is 0 Å². The Morgan fingerprint density at radius 3 is 2.58 bits per heavy atom. The van der Waals surface area contributed by atoms with Crippen molar-refractivity contribution in [2.24, 2.45) is 0 Å². The van der Waals surface area contributed by atoms with Crippen molar-refractivity contribution < 1.29 is 4.79 Å². The van der Waals surface area contributed by atoms with Crippen molar-refractivity contribution in [1.82, 2.24) is 5.32 Å². The Balaban J connectivity index is 2.53. The first-order chi connectivity index (χ1) is 8.84. The standard InChI is InChI=1S/C16H26N2O/c1-6-16(4,5)18-15(19)11-17-14-9-7-8-13(10-14)12(2)3/h7-10,12,17H,6,11H2,1-5H3,(H,18,19). The number of carbonyl (C=O) groups excluding carboxylic acids is 1. The van der Waals surface area contributed by atoms with Crippen LogP contribution in [-0.2, 0) is 4.79 Å². The van der Waals surface area contributed by atoms with Gasteiger partial charge in [-0.15, -0.1) is 0 Å². The van der Waals surface area contributed by atoms with E-state index in [0.29, 0.717) is 12.5 Å². The Morgan fingerprint density at radius 1 is 1.32 bits per heavy atom. The molecule has 0 saturated heterocycles. The molecule has 0 unspecified atom stereocenters. The molecule has 0 aromatic heterocycles. The molecule has 1 rings (SSSR count). The molecule has 1 aromatic carbocycles. The van der Waals surface area contributed by atoms with E-state index in [1.54, 1.807) is 0 Å². The molecule has 0 radical (unpaired) electrons. The summed E-state index contributed by atoms with van der Waals surface area (Å²) in [6.45, 7) is 10.8. The smallest absolute Gasteiger partial charge is 0.239 e. The molecule has 0 fully saturated rings. The lowest BCUT2D eigenvalue weighted by Crippen LogP contribution is -2.45. The SMILES string of the molecule is CCC(C)(C)NC(=O)CNc1cccc(C(C)C)c1. The molecular formula is C16H26N2O. The molecule has 106 valence electrons. The lowest BCUT2D eigenvalue weighted by molar-refractivity contribution is -0.121. The fourth-order valence-corrected chi connectivity index (χ4v) is 1.70. The van der Waals surface area contributed by atoms with Crippen LogP contribution >= 0.6 is 0 Å². The topological polar surface area (TPSA) is 41.1 Å². The van der Waals surface area contributed by atoms with Crippen molar-refractivity contribution in [2.75, 3.05) is 11.9 Å². The van der Waals surface area contributed by atoms with Gasteiger partial charge in [0.25, 0.3) is 0 Å². The first kappa shape index (κ1) is 15.5. The number of rotatable bonds is 6. The average molecular weight is 262 g/mol. The lowest BCUT2D eigenvalue weighted by atomic mass is 10.0. The first-order valence-electron chi connectivity index (χ1n) is 6.99. The zero-order valence-corrected chi connectivity index (χ0v) is 12.7. The molecule has 0 aliphatic heterocycles. The van der Waals surface area contributed by atoms with Crippen LogP contribution in [0.25, 0.3) is 0 Å². The minimum atomic E-state index is -0.140. The first-order valence-corrected chi connectivity index (χ1v) is 6.99. The van der Waals surface area contributed by atoms with Crippen LogP contribution in [0.1, 0.15) is 52.5 Å². The average Bonchev–Trinajstić information content (AvgIpc) is 2.36. The molecule has 1 aromatic rings. The molecule has 0 saturated carbocycles. The highest BCUT2D eigenvalue weighted by atomic mass is 16.2. The maximum absolute atomic E-state index is 11.8. The van der Waals surface area contributed by atoms with Gasteiger partial charge in [-0.3, -0.25) is 4.79 Å². The lowest BCUT2D eigenvalue weighted by Gasteiger charge is -2.24. The van der Waals surface area contributed by atoms with Gasteiger partial charge in [-0.2, -0.15) is 0 Å². The van der Waals surface area contributed by atoms with Gasteiger partial charge in [-0.25, -0.2) is 0 Å². The van der Waals surface area contributed by atoms with Crippen LogP contribution in [0.3, 0.4) is 0 Å². The minimum Gasteiger partial charge on any atom is -0.376 e. The molecule has 0 aliphatic rings. The van der Waals surface area contributed by atoms with Gasteiger partial charge in [0, 0.05) is 11.2 Å². The van der Waals surface area contributed by atoms with Crippen LogP contribution in [0.4, 0.5) is 5.69 Å². The third-order valence-corrected chi connectivity index (χ3v) is 3.37. The van der Waals surface area contributed by atoms with Gasteiger partial charge in [-0.05, 0) is 43.9 Å². The summed E-state index contributed by atoms with van der Waals surface area (Å²) in [5, 5.41) is 6.19. The number of hydrogen-bond acceptors (Lipinski definition) is 2. The Morgan fingerprint density at radius 2 is 2.00 bits per heavy atom. The number of benzene rings is 1. The summed E-state index contributed by atoms with van der Waals surface area (Å²) in [7, 11) is 0. The van der Waals surface area contributed by atoms with E-state index in [0.717, 1.165) is 12.1 Å². The van der Waals surface area contributed by atoms with E-state index < -0.39 is 0 Å². The summed E-state index contributed by atoms with van der Waals surface area (Å²) in [5.74, 6) is 0.524. The number of hydrogen-bond donors (Lipinski definition) is 2. The molecule has 1 amide bonds. The molecule has 2 N–H and O–H groups in total. The van der Waals surface area contributed by atoms with E-state index in [2.05, 4.69) is 43.5 Å². The summed E-state index contributed by atoms with van der Waals surface area (Å²) >= 11 is 0. The highest BCUT2D eigenvalue weighted by molar-refractivity contribution is 5.81. The van der Waals surface area contributed by atoms with Gasteiger partial charge in [0.05, 0.1) is 6.54 Å². The highest BCUT2D eigenvalue weighted by Gasteiger charge is 2.17. The number of nitrogens with one attached hydrogen (secondary N) is 2. The van der Waals surface area contributed by atoms with Crippen molar-refractivity contribution in [3.8, 4) is 0 Å². The maximum atomic E-state index is 11.8. The maximum Gasteiger partial charge on any atom is 0.239 e. The van der Waals surface area contributed by atoms with Crippen LogP contribution in [0.5, 0.6) is 0 Å². The van der Waals surface area contributed by atoms with Gasteiger partial charge in [-0.1, -0.05) is 32.9 Å². The Bertz CT molecular complexity index is 425. The summed E-state index contributed by atoms with van der Waals surface area (Å²) < 4.78 is 0. The molecule has 0 spiro atoms. The third-order valence-electron chi connectivity index (χ3n) is 3.37. The quantitative estimate of drug-likeness (QED) is 0.823. The van der Waals surface area contributed by atoms with E-state index in [1.807, 2.05) is 26.0 Å². The molecule has 3 heteroatoms. The Kier molecular flexibility index (Phi) is 5.40. The number of anilines is 1. The van der Waals surface area contributed by atoms with Crippen LogP contribution in [0.15, 0.2) is 24.3 Å². The molecule has 0 atom stereocenters. The largest absolute Gasteiger partial charge is 0.376 e. The monoisotopic (exact) mass is 262 g/mol. The van der Waals surface area contributed by atoms with Gasteiger partial charge in [0.2, 0.25) is 5.91 Å². The summed E-state index contributed by atoms with van der Waals surface area (Å²) in [5.41, 5.74) is 2.13. The van der Waals surface area contributed by atoms with Crippen LogP contribution < -0.4 is 10.6 Å². The molecule has 0 aliphatic carbocycles. The fraction of sp³-hybridized carbons (Fsp3) is 0.562. The Labute approximate surface area is 116 Å². The van der Waals surface area contributed by atoms with Crippen molar-refractivity contribution in [2.45, 2.75) is 52.5 Å². The van der Waals surface area contributed by atoms with E-state index in [4.69, 9.17) is 0 Å². The fourth-order valence-electron chi connectivity index (χ4n) is 1.70. The normalized spacial score (nSPS) is 11.5. The van der Waals surface area contributed by atoms with E-state index in [-0.39, 0.29) is 11.4 Å². The highest BCUT2D eigenvalue weighted by Crippen LogP contribution is 2.18. The zero-order valence-electron chi connectivity index (χ0n) is 12.7. The van der Waals surface area contributed by atoms with Crippen LogP contribution in [-0.4, -0.2) is 18.0 Å². The van der Waals surface area contributed by atoms with Crippen molar-refractivity contribution in [1.29, 1.82) is 0 Å². The minimum absolute atomic E-state index is 0.0294. The van der Waals surface area contributed by atoms with Gasteiger partial charge >= 0.3 is 0 Å². The second-order valence-corrected chi connectivity index (χ2v) is 5.92. The second kappa shape index (κ2) is 6.60. The van der Waals surface area contributed by atoms with E-state index in [9.17, 15) is 4.79 Å². The number of carbonyl (C=O) groups is 1. The van der Waals surface area contributed by atoms with Gasteiger partial charge < -0.3 is 10.6 Å². The number of amides is 1. The second-order valence-electron chi connectivity index (χ2n) is 5.92. The molecule has 0 heterocycles. The van der Waals surface area contributed by atoms with Crippen LogP contribution in [0.2, 0.25) is 0 Å². The summed E-state index contributed by atoms with van der Waals surface area (Å²) in [6.07, 6.45) is 0.918. The van der Waals surface area contributed by atoms with Crippen molar-refractivity contribution in [3.05, 3.63) is 29.8 Å². The predicted octanol–water partition coefficient (Wildman–Crippen LogP) is 3.53. The van der Waals surface area contributed by atoms with Gasteiger partial charge in [0.15, 0.2) is 0 Å². The van der Waals surface area contributed by atoms with Gasteiger partial charge in [0.1, 0.15) is 0 Å². The molecular weight excluding hydrogens is 236 g/mol. The summed E-state index contributed by atoms with van der Waals surface area (Å²) in [6, 6.07) is 8.22. The molecule has 0 bridgehead atoms. The van der Waals surface area contributed by atoms with E-state index >= 15 is 0 Å². The molecule has 3 nitrogen and oxygen atoms in total. The molecule has 19 heavy (non-hydrogen) atoms. The zero-order chi connectivity index (χ0) is 14.5. The van der Waals surface area contributed by atoms with Crippen molar-refractivity contribution >= 4 is 11.6 Å². The Hall–Kier alpha value is -1.51. The third kappa shape index (κ3) is 5.33. The van der Waals surface area contributed by atoms with Crippen molar-refractivity contribution in [3.63, 3.8) is 0 Å². The predicted molar refractivity (Wildman–Crippen MR) is 81.5 cm³/mol.